The van der Waals surface area contributed by atoms with Crippen LogP contribution in [0.1, 0.15) is 37.7 Å². The average Bonchev–Trinajstić information content (AvgIpc) is 3.37. The van der Waals surface area contributed by atoms with Crippen molar-refractivity contribution in [1.82, 2.24) is 19.8 Å². The molecule has 34 heavy (non-hydrogen) atoms. The van der Waals surface area contributed by atoms with Crippen molar-refractivity contribution in [2.45, 2.75) is 51.1 Å². The predicted octanol–water partition coefficient (Wildman–Crippen LogP) is 4.76. The van der Waals surface area contributed by atoms with Crippen molar-refractivity contribution >= 4 is 29.4 Å². The second kappa shape index (κ2) is 13.0. The SMILES string of the molecule is CN(C)CCCn1c(N)nc2ccc(OCCCN[C@@H]3CCC(Cc4ccccc4)C3)cc21.Cl. The third-order valence-corrected chi connectivity index (χ3v) is 6.67. The zero-order chi connectivity index (χ0) is 23.0. The smallest absolute Gasteiger partial charge is 0.201 e. The largest absolute Gasteiger partial charge is 0.493 e. The Labute approximate surface area is 210 Å². The molecule has 1 aliphatic carbocycles. The third-order valence-electron chi connectivity index (χ3n) is 6.67. The normalized spacial score (nSPS) is 17.9. The highest BCUT2D eigenvalue weighted by molar-refractivity contribution is 5.85. The van der Waals surface area contributed by atoms with Crippen LogP contribution in [0.4, 0.5) is 5.95 Å². The highest BCUT2D eigenvalue weighted by Gasteiger charge is 2.24. The van der Waals surface area contributed by atoms with E-state index in [1.165, 1.54) is 31.2 Å². The predicted molar refractivity (Wildman–Crippen MR) is 144 cm³/mol. The fraction of sp³-hybridized carbons (Fsp3) is 0.519. The summed E-state index contributed by atoms with van der Waals surface area (Å²) in [6.07, 6.45) is 7.14. The first kappa shape index (κ1) is 26.3. The lowest BCUT2D eigenvalue weighted by atomic mass is 9.98. The van der Waals surface area contributed by atoms with Gasteiger partial charge >= 0.3 is 0 Å². The first-order valence-electron chi connectivity index (χ1n) is 12.4. The number of ether oxygens (including phenoxy) is 1. The van der Waals surface area contributed by atoms with E-state index in [2.05, 4.69) is 70.3 Å². The molecule has 1 unspecified atom stereocenters. The molecule has 186 valence electrons. The summed E-state index contributed by atoms with van der Waals surface area (Å²) in [6, 6.07) is 17.6. The van der Waals surface area contributed by atoms with Crippen LogP contribution in [-0.4, -0.2) is 54.3 Å². The first-order valence-corrected chi connectivity index (χ1v) is 12.4. The first-order chi connectivity index (χ1) is 16.1. The number of anilines is 1. The van der Waals surface area contributed by atoms with Gasteiger partial charge in [0.15, 0.2) is 0 Å². The molecular weight excluding hydrogens is 446 g/mol. The van der Waals surface area contributed by atoms with Crippen LogP contribution in [0.15, 0.2) is 48.5 Å². The summed E-state index contributed by atoms with van der Waals surface area (Å²) in [5.41, 5.74) is 9.61. The number of nitrogens with one attached hydrogen (secondary N) is 1. The topological polar surface area (TPSA) is 68.3 Å². The number of imidazole rings is 1. The van der Waals surface area contributed by atoms with Gasteiger partial charge in [0, 0.05) is 18.7 Å². The van der Waals surface area contributed by atoms with E-state index in [0.29, 0.717) is 18.6 Å². The van der Waals surface area contributed by atoms with Crippen molar-refractivity contribution < 1.29 is 4.74 Å². The van der Waals surface area contributed by atoms with E-state index in [0.717, 1.165) is 55.2 Å². The molecule has 0 aliphatic heterocycles. The van der Waals surface area contributed by atoms with E-state index >= 15 is 0 Å². The summed E-state index contributed by atoms with van der Waals surface area (Å²) in [5.74, 6) is 2.27. The second-order valence-corrected chi connectivity index (χ2v) is 9.65. The molecule has 3 aromatic rings. The van der Waals surface area contributed by atoms with Gasteiger partial charge in [0.25, 0.3) is 0 Å². The molecule has 1 aromatic heterocycles. The van der Waals surface area contributed by atoms with Crippen molar-refractivity contribution in [3.05, 3.63) is 54.1 Å². The Morgan fingerprint density at radius 2 is 1.94 bits per heavy atom. The maximum Gasteiger partial charge on any atom is 0.201 e. The van der Waals surface area contributed by atoms with Crippen molar-refractivity contribution in [3.8, 4) is 5.75 Å². The van der Waals surface area contributed by atoms with Crippen molar-refractivity contribution in [1.29, 1.82) is 0 Å². The number of nitrogens with zero attached hydrogens (tertiary/aromatic N) is 3. The van der Waals surface area contributed by atoms with E-state index in [9.17, 15) is 0 Å². The van der Waals surface area contributed by atoms with Gasteiger partial charge in [0.2, 0.25) is 5.95 Å². The maximum atomic E-state index is 6.16. The zero-order valence-corrected chi connectivity index (χ0v) is 21.4. The monoisotopic (exact) mass is 485 g/mol. The summed E-state index contributed by atoms with van der Waals surface area (Å²) >= 11 is 0. The number of halogens is 1. The Morgan fingerprint density at radius 3 is 2.74 bits per heavy atom. The Kier molecular flexibility index (Phi) is 10.1. The van der Waals surface area contributed by atoms with Crippen LogP contribution in [0.2, 0.25) is 0 Å². The standard InChI is InChI=1S/C27H39N5O.ClH/c1-31(2)15-7-16-32-26-20-24(12-13-25(26)30-27(32)28)33-17-6-14-29-23-11-10-22(19-23)18-21-8-4-3-5-9-21;/h3-5,8-9,12-13,20,22-23,29H,6-7,10-11,14-19H2,1-2H3,(H2,28,30);1H/t22?,23-;/m1./s1. The number of rotatable bonds is 12. The van der Waals surface area contributed by atoms with Gasteiger partial charge in [0.1, 0.15) is 5.75 Å². The Hall–Kier alpha value is -2.28. The number of benzene rings is 2. The lowest BCUT2D eigenvalue weighted by molar-refractivity contribution is 0.304. The summed E-state index contributed by atoms with van der Waals surface area (Å²) in [7, 11) is 4.18. The molecule has 1 fully saturated rings. The molecule has 7 heteroatoms. The molecule has 0 radical (unpaired) electrons. The summed E-state index contributed by atoms with van der Waals surface area (Å²) < 4.78 is 8.15. The lowest BCUT2D eigenvalue weighted by Gasteiger charge is -2.14. The minimum Gasteiger partial charge on any atom is -0.493 e. The van der Waals surface area contributed by atoms with Gasteiger partial charge in [-0.15, -0.1) is 12.4 Å². The van der Waals surface area contributed by atoms with Gasteiger partial charge in [0.05, 0.1) is 17.6 Å². The molecule has 0 amide bonds. The number of hydrogen-bond acceptors (Lipinski definition) is 5. The zero-order valence-electron chi connectivity index (χ0n) is 20.6. The van der Waals surface area contributed by atoms with E-state index in [1.54, 1.807) is 0 Å². The fourth-order valence-corrected chi connectivity index (χ4v) is 4.95. The molecule has 1 saturated carbocycles. The van der Waals surface area contributed by atoms with Gasteiger partial charge < -0.3 is 25.3 Å². The van der Waals surface area contributed by atoms with Crippen LogP contribution in [0.5, 0.6) is 5.75 Å². The van der Waals surface area contributed by atoms with Gasteiger partial charge in [-0.1, -0.05) is 30.3 Å². The van der Waals surface area contributed by atoms with Crippen LogP contribution < -0.4 is 15.8 Å². The molecule has 6 nitrogen and oxygen atoms in total. The quantitative estimate of drug-likeness (QED) is 0.362. The van der Waals surface area contributed by atoms with Crippen LogP contribution in [-0.2, 0) is 13.0 Å². The molecule has 0 saturated heterocycles. The number of nitrogens with two attached hydrogens (primary N) is 1. The van der Waals surface area contributed by atoms with E-state index < -0.39 is 0 Å². The highest BCUT2D eigenvalue weighted by Crippen LogP contribution is 2.28. The summed E-state index contributed by atoms with van der Waals surface area (Å²) in [6.45, 7) is 3.60. The minimum absolute atomic E-state index is 0. The van der Waals surface area contributed by atoms with E-state index in [4.69, 9.17) is 10.5 Å². The Morgan fingerprint density at radius 1 is 1.12 bits per heavy atom. The average molecular weight is 486 g/mol. The van der Waals surface area contributed by atoms with Crippen LogP contribution >= 0.6 is 12.4 Å². The molecule has 2 atom stereocenters. The van der Waals surface area contributed by atoms with Gasteiger partial charge in [-0.3, -0.25) is 0 Å². The van der Waals surface area contributed by atoms with Crippen molar-refractivity contribution in [3.63, 3.8) is 0 Å². The van der Waals surface area contributed by atoms with Gasteiger partial charge in [-0.05, 0) is 89.3 Å². The number of fused-ring (bicyclic) bond motifs is 1. The highest BCUT2D eigenvalue weighted by atomic mass is 35.5. The van der Waals surface area contributed by atoms with E-state index in [1.807, 2.05) is 12.1 Å². The van der Waals surface area contributed by atoms with Crippen LogP contribution in [0, 0.1) is 5.92 Å². The lowest BCUT2D eigenvalue weighted by Crippen LogP contribution is -2.28. The number of hydrogen-bond donors (Lipinski definition) is 2. The number of aromatic nitrogens is 2. The van der Waals surface area contributed by atoms with E-state index in [-0.39, 0.29) is 12.4 Å². The Balaban J connectivity index is 0.00000324. The van der Waals surface area contributed by atoms with Crippen LogP contribution in [0.25, 0.3) is 11.0 Å². The molecule has 0 spiro atoms. The van der Waals surface area contributed by atoms with Gasteiger partial charge in [-0.25, -0.2) is 4.98 Å². The maximum absolute atomic E-state index is 6.16. The minimum atomic E-state index is 0. The van der Waals surface area contributed by atoms with Crippen molar-refractivity contribution in [2.75, 3.05) is 39.5 Å². The summed E-state index contributed by atoms with van der Waals surface area (Å²) in [5, 5.41) is 3.74. The molecular formula is C27H40ClN5O. The molecule has 0 bridgehead atoms. The number of aryl methyl sites for hydroxylation is 1. The third kappa shape index (κ3) is 7.36. The Bertz CT molecular complexity index is 1010. The molecule has 1 heterocycles. The van der Waals surface area contributed by atoms with Gasteiger partial charge in [-0.2, -0.15) is 0 Å². The molecule has 1 aliphatic rings. The number of nitrogen functional groups attached to an aromatic ring is 1. The molecule has 4 rings (SSSR count). The summed E-state index contributed by atoms with van der Waals surface area (Å²) in [4.78, 5) is 6.69. The van der Waals surface area contributed by atoms with Crippen molar-refractivity contribution in [2.24, 2.45) is 5.92 Å². The molecule has 3 N–H and O–H groups in total. The van der Waals surface area contributed by atoms with Crippen LogP contribution in [0.3, 0.4) is 0 Å². The molecule has 2 aromatic carbocycles. The second-order valence-electron chi connectivity index (χ2n) is 9.65. The fourth-order valence-electron chi connectivity index (χ4n) is 4.95.